The van der Waals surface area contributed by atoms with E-state index in [2.05, 4.69) is 41.6 Å². The van der Waals surface area contributed by atoms with Crippen LogP contribution in [0.2, 0.25) is 0 Å². The van der Waals surface area contributed by atoms with Gasteiger partial charge >= 0.3 is 0 Å². The van der Waals surface area contributed by atoms with Gasteiger partial charge in [0.2, 0.25) is 0 Å². The maximum atomic E-state index is 12.9. The second-order valence-corrected chi connectivity index (χ2v) is 9.58. The molecule has 1 saturated heterocycles. The zero-order chi connectivity index (χ0) is 25.4. The molecule has 0 aliphatic carbocycles. The molecule has 186 valence electrons. The molecule has 36 heavy (non-hydrogen) atoms. The third kappa shape index (κ3) is 4.11. The van der Waals surface area contributed by atoms with Crippen LogP contribution in [0.3, 0.4) is 0 Å². The van der Waals surface area contributed by atoms with Gasteiger partial charge in [0.1, 0.15) is 12.1 Å². The molecule has 1 aromatic carbocycles. The minimum Gasteiger partial charge on any atom is -0.364 e. The molecule has 9 nitrogen and oxygen atoms in total. The number of para-hydroxylation sites is 2. The summed E-state index contributed by atoms with van der Waals surface area (Å²) in [5, 5.41) is 13.9. The molecule has 0 radical (unpaired) electrons. The van der Waals surface area contributed by atoms with Gasteiger partial charge in [0.15, 0.2) is 0 Å². The first-order chi connectivity index (χ1) is 17.4. The normalized spacial score (nSPS) is 19.6. The van der Waals surface area contributed by atoms with E-state index in [9.17, 15) is 4.79 Å². The molecular weight excluding hydrogens is 452 g/mol. The smallest absolute Gasteiger partial charge is 0.252 e. The van der Waals surface area contributed by atoms with Crippen LogP contribution >= 0.6 is 0 Å². The highest BCUT2D eigenvalue weighted by molar-refractivity contribution is 5.88. The predicted octanol–water partition coefficient (Wildman–Crippen LogP) is 3.64. The summed E-state index contributed by atoms with van der Waals surface area (Å²) in [5.41, 5.74) is 5.09. The van der Waals surface area contributed by atoms with E-state index >= 15 is 0 Å². The van der Waals surface area contributed by atoms with Gasteiger partial charge in [-0.3, -0.25) is 19.4 Å². The first-order valence-electron chi connectivity index (χ1n) is 12.6. The Labute approximate surface area is 210 Å². The molecule has 4 aromatic rings. The zero-order valence-electron chi connectivity index (χ0n) is 21.3. The Morgan fingerprint density at radius 2 is 1.89 bits per heavy atom. The molecule has 1 aliphatic rings. The molecule has 0 saturated carbocycles. The average Bonchev–Trinajstić information content (AvgIpc) is 3.33. The van der Waals surface area contributed by atoms with Crippen LogP contribution in [0.1, 0.15) is 45.3 Å². The van der Waals surface area contributed by atoms with Gasteiger partial charge in [-0.05, 0) is 31.9 Å². The van der Waals surface area contributed by atoms with Crippen LogP contribution in [0.25, 0.3) is 22.1 Å². The molecule has 0 spiro atoms. The maximum absolute atomic E-state index is 12.9. The molecule has 1 unspecified atom stereocenters. The van der Waals surface area contributed by atoms with Crippen LogP contribution in [0, 0.1) is 11.3 Å². The summed E-state index contributed by atoms with van der Waals surface area (Å²) < 4.78 is 3.22. The van der Waals surface area contributed by atoms with Crippen molar-refractivity contribution in [1.29, 1.82) is 5.26 Å². The quantitative estimate of drug-likeness (QED) is 0.412. The number of pyridine rings is 1. The van der Waals surface area contributed by atoms with Crippen molar-refractivity contribution >= 4 is 27.8 Å². The van der Waals surface area contributed by atoms with Crippen molar-refractivity contribution in [3.63, 3.8) is 0 Å². The van der Waals surface area contributed by atoms with Crippen LogP contribution in [0.4, 0.5) is 5.69 Å². The van der Waals surface area contributed by atoms with Gasteiger partial charge in [-0.25, -0.2) is 4.98 Å². The molecule has 0 N–H and O–H groups in total. The Bertz CT molecular complexity index is 1500. The zero-order valence-corrected chi connectivity index (χ0v) is 21.3. The third-order valence-corrected chi connectivity index (χ3v) is 7.55. The molecule has 3 aromatic heterocycles. The highest BCUT2D eigenvalue weighted by Gasteiger charge is 2.36. The van der Waals surface area contributed by atoms with Crippen LogP contribution in [-0.2, 0) is 13.6 Å². The molecule has 1 fully saturated rings. The summed E-state index contributed by atoms with van der Waals surface area (Å²) in [5.74, 6) is 0. The number of piperazine rings is 1. The van der Waals surface area contributed by atoms with E-state index < -0.39 is 0 Å². The standard InChI is InChI=1S/C27H32N8O/c1-5-19-16-35(24-13-26(36)32(4)25-17-33(12-11-28)31-27(24)25)20(6-2)15-34(19)18(3)23-14-29-21-9-7-8-10-22(21)30-23/h7-10,13-14,17-20H,5-6,12,15-16H2,1-4H3/t18?,19-,20+/m1/s1. The number of fused-ring (bicyclic) bond motifs is 2. The molecule has 0 amide bonds. The van der Waals surface area contributed by atoms with Gasteiger partial charge in [-0.2, -0.15) is 10.4 Å². The summed E-state index contributed by atoms with van der Waals surface area (Å²) in [6, 6.07) is 12.4. The van der Waals surface area contributed by atoms with Crippen molar-refractivity contribution in [2.24, 2.45) is 7.05 Å². The van der Waals surface area contributed by atoms with E-state index in [1.165, 1.54) is 0 Å². The Morgan fingerprint density at radius 3 is 2.61 bits per heavy atom. The number of aryl methyl sites for hydroxylation is 1. The first kappa shape index (κ1) is 23.9. The molecule has 5 rings (SSSR count). The van der Waals surface area contributed by atoms with Crippen molar-refractivity contribution in [2.75, 3.05) is 18.0 Å². The van der Waals surface area contributed by atoms with Crippen LogP contribution < -0.4 is 10.5 Å². The Morgan fingerprint density at radius 1 is 1.14 bits per heavy atom. The van der Waals surface area contributed by atoms with E-state index in [-0.39, 0.29) is 30.2 Å². The van der Waals surface area contributed by atoms with Gasteiger partial charge in [0.25, 0.3) is 5.56 Å². The van der Waals surface area contributed by atoms with E-state index in [1.807, 2.05) is 30.5 Å². The van der Waals surface area contributed by atoms with Crippen LogP contribution in [0.5, 0.6) is 0 Å². The number of hydrogen-bond acceptors (Lipinski definition) is 7. The molecule has 1 aliphatic heterocycles. The van der Waals surface area contributed by atoms with Gasteiger partial charge in [-0.1, -0.05) is 26.0 Å². The Balaban J connectivity index is 1.51. The first-order valence-corrected chi connectivity index (χ1v) is 12.6. The van der Waals surface area contributed by atoms with Crippen molar-refractivity contribution in [3.05, 3.63) is 58.8 Å². The molecule has 3 atom stereocenters. The van der Waals surface area contributed by atoms with Crippen molar-refractivity contribution in [2.45, 2.75) is 58.3 Å². The number of rotatable bonds is 6. The molecule has 4 heterocycles. The highest BCUT2D eigenvalue weighted by atomic mass is 16.1. The van der Waals surface area contributed by atoms with Gasteiger partial charge in [-0.15, -0.1) is 0 Å². The molecule has 0 bridgehead atoms. The second kappa shape index (κ2) is 9.70. The highest BCUT2D eigenvalue weighted by Crippen LogP contribution is 2.34. The van der Waals surface area contributed by atoms with Gasteiger partial charge in [0.05, 0.1) is 52.4 Å². The number of aromatic nitrogens is 5. The topological polar surface area (TPSA) is 95.9 Å². The second-order valence-electron chi connectivity index (χ2n) is 9.58. The number of anilines is 1. The Kier molecular flexibility index (Phi) is 6.46. The predicted molar refractivity (Wildman–Crippen MR) is 141 cm³/mol. The number of nitriles is 1. The summed E-state index contributed by atoms with van der Waals surface area (Å²) >= 11 is 0. The lowest BCUT2D eigenvalue weighted by molar-refractivity contribution is 0.0991. The lowest BCUT2D eigenvalue weighted by atomic mass is 9.98. The van der Waals surface area contributed by atoms with Crippen molar-refractivity contribution in [3.8, 4) is 6.07 Å². The summed E-state index contributed by atoms with van der Waals surface area (Å²) in [7, 11) is 1.75. The average molecular weight is 485 g/mol. The molecular formula is C27H32N8O. The third-order valence-electron chi connectivity index (χ3n) is 7.55. The van der Waals surface area contributed by atoms with Crippen LogP contribution in [0.15, 0.2) is 47.5 Å². The van der Waals surface area contributed by atoms with E-state index in [4.69, 9.17) is 15.3 Å². The monoisotopic (exact) mass is 484 g/mol. The number of nitrogens with zero attached hydrogens (tertiary/aromatic N) is 8. The van der Waals surface area contributed by atoms with Crippen molar-refractivity contribution in [1.82, 2.24) is 29.2 Å². The SMILES string of the molecule is CC[C@H]1CN(C(C)c2cnc3ccccc3n2)[C@H](CC)CN1c1cc(=O)n(C)c2cn(CC#N)nc12. The summed E-state index contributed by atoms with van der Waals surface area (Å²) in [6.07, 6.45) is 5.59. The van der Waals surface area contributed by atoms with Crippen molar-refractivity contribution < 1.29 is 0 Å². The van der Waals surface area contributed by atoms with E-state index in [0.29, 0.717) is 0 Å². The lowest BCUT2D eigenvalue weighted by Crippen LogP contribution is -2.59. The summed E-state index contributed by atoms with van der Waals surface area (Å²) in [4.78, 5) is 27.4. The van der Waals surface area contributed by atoms with Gasteiger partial charge < -0.3 is 9.47 Å². The fourth-order valence-corrected chi connectivity index (χ4v) is 5.41. The fourth-order valence-electron chi connectivity index (χ4n) is 5.41. The minimum absolute atomic E-state index is 0.0702. The maximum Gasteiger partial charge on any atom is 0.252 e. The van der Waals surface area contributed by atoms with Crippen LogP contribution in [-0.4, -0.2) is 54.4 Å². The minimum atomic E-state index is -0.0702. The summed E-state index contributed by atoms with van der Waals surface area (Å²) in [6.45, 7) is 8.39. The lowest BCUT2D eigenvalue weighted by Gasteiger charge is -2.49. The van der Waals surface area contributed by atoms with E-state index in [1.54, 1.807) is 28.6 Å². The Hall–Kier alpha value is -3.77. The number of hydrogen-bond donors (Lipinski definition) is 0. The fraction of sp³-hybridized carbons (Fsp3) is 0.444. The largest absolute Gasteiger partial charge is 0.364 e. The molecule has 9 heteroatoms. The van der Waals surface area contributed by atoms with E-state index in [0.717, 1.165) is 59.4 Å². The van der Waals surface area contributed by atoms with Gasteiger partial charge in [0, 0.05) is 38.3 Å². The number of benzene rings is 1.